The zero-order valence-corrected chi connectivity index (χ0v) is 14.2. The van der Waals surface area contributed by atoms with Crippen molar-refractivity contribution in [3.05, 3.63) is 35.6 Å². The van der Waals surface area contributed by atoms with Gasteiger partial charge in [0, 0.05) is 11.6 Å². The topological polar surface area (TPSA) is 15.3 Å². The van der Waals surface area contributed by atoms with Crippen molar-refractivity contribution >= 4 is 0 Å². The van der Waals surface area contributed by atoms with Crippen molar-refractivity contribution < 1.29 is 4.39 Å². The fraction of sp³-hybridized carbons (Fsp3) is 0.667. The first-order valence-electron chi connectivity index (χ1n) is 8.24. The Hall–Kier alpha value is -0.930. The Morgan fingerprint density at radius 3 is 1.95 bits per heavy atom. The number of nitrogens with zero attached hydrogens (tertiary/aromatic N) is 1. The SMILES string of the molecule is CCN(CC)C(CC)(CC)C(Cc1ccc(F)cc1)NC. The van der Waals surface area contributed by atoms with Gasteiger partial charge < -0.3 is 5.32 Å². The van der Waals surface area contributed by atoms with Crippen LogP contribution in [-0.2, 0) is 6.42 Å². The van der Waals surface area contributed by atoms with Gasteiger partial charge in [0.2, 0.25) is 0 Å². The lowest BCUT2D eigenvalue weighted by atomic mass is 9.79. The van der Waals surface area contributed by atoms with Crippen molar-refractivity contribution in [2.45, 2.75) is 58.5 Å². The van der Waals surface area contributed by atoms with Gasteiger partial charge in [0.05, 0.1) is 0 Å². The van der Waals surface area contributed by atoms with E-state index in [1.54, 1.807) is 12.1 Å². The van der Waals surface area contributed by atoms with Crippen LogP contribution in [-0.4, -0.2) is 36.6 Å². The van der Waals surface area contributed by atoms with Gasteiger partial charge in [-0.2, -0.15) is 0 Å². The standard InChI is InChI=1S/C18H31FN2/c1-6-18(7-2,21(8-3)9-4)17(20-5)14-15-10-12-16(19)13-11-15/h10-13,17,20H,6-9,14H2,1-5H3. The number of hydrogen-bond acceptors (Lipinski definition) is 2. The fourth-order valence-corrected chi connectivity index (χ4v) is 3.68. The third-order valence-corrected chi connectivity index (χ3v) is 4.97. The molecule has 2 nitrogen and oxygen atoms in total. The molecule has 120 valence electrons. The van der Waals surface area contributed by atoms with Crippen LogP contribution in [0.3, 0.4) is 0 Å². The number of nitrogens with one attached hydrogen (secondary N) is 1. The lowest BCUT2D eigenvalue weighted by Crippen LogP contribution is -2.61. The predicted molar refractivity (Wildman–Crippen MR) is 89.2 cm³/mol. The maximum Gasteiger partial charge on any atom is 0.123 e. The van der Waals surface area contributed by atoms with Crippen LogP contribution in [0.2, 0.25) is 0 Å². The normalized spacial score (nSPS) is 13.7. The van der Waals surface area contributed by atoms with Gasteiger partial charge in [-0.05, 0) is 57.1 Å². The van der Waals surface area contributed by atoms with Gasteiger partial charge >= 0.3 is 0 Å². The third-order valence-electron chi connectivity index (χ3n) is 4.97. The van der Waals surface area contributed by atoms with Crippen LogP contribution < -0.4 is 5.32 Å². The quantitative estimate of drug-likeness (QED) is 0.744. The maximum absolute atomic E-state index is 13.1. The summed E-state index contributed by atoms with van der Waals surface area (Å²) in [5, 5.41) is 3.52. The highest BCUT2D eigenvalue weighted by molar-refractivity contribution is 5.19. The molecule has 0 aliphatic heterocycles. The molecule has 0 aromatic heterocycles. The minimum Gasteiger partial charge on any atom is -0.315 e. The number of likely N-dealkylation sites (N-methyl/N-ethyl adjacent to an activating group) is 2. The van der Waals surface area contributed by atoms with Gasteiger partial charge in [0.1, 0.15) is 5.82 Å². The van der Waals surface area contributed by atoms with E-state index in [4.69, 9.17) is 0 Å². The van der Waals surface area contributed by atoms with Crippen molar-refractivity contribution in [1.29, 1.82) is 0 Å². The minimum atomic E-state index is -0.166. The highest BCUT2D eigenvalue weighted by Gasteiger charge is 2.38. The summed E-state index contributed by atoms with van der Waals surface area (Å²) < 4.78 is 13.1. The Morgan fingerprint density at radius 1 is 1.05 bits per heavy atom. The van der Waals surface area contributed by atoms with Crippen molar-refractivity contribution in [2.75, 3.05) is 20.1 Å². The van der Waals surface area contributed by atoms with Gasteiger partial charge in [-0.3, -0.25) is 4.90 Å². The summed E-state index contributed by atoms with van der Waals surface area (Å²) in [4.78, 5) is 2.57. The predicted octanol–water partition coefficient (Wildman–Crippen LogP) is 3.86. The van der Waals surface area contributed by atoms with E-state index in [1.807, 2.05) is 19.2 Å². The number of benzene rings is 1. The summed E-state index contributed by atoms with van der Waals surface area (Å²) in [6.07, 6.45) is 3.14. The molecular weight excluding hydrogens is 263 g/mol. The number of rotatable bonds is 9. The molecule has 1 N–H and O–H groups in total. The average molecular weight is 294 g/mol. The van der Waals surface area contributed by atoms with Crippen molar-refractivity contribution in [2.24, 2.45) is 0 Å². The van der Waals surface area contributed by atoms with Gasteiger partial charge in [0.15, 0.2) is 0 Å². The molecule has 1 unspecified atom stereocenters. The molecule has 1 rings (SSSR count). The summed E-state index contributed by atoms with van der Waals surface area (Å²) in [5.74, 6) is -0.166. The van der Waals surface area contributed by atoms with Crippen LogP contribution in [0.15, 0.2) is 24.3 Å². The van der Waals surface area contributed by atoms with Crippen LogP contribution in [0.1, 0.15) is 46.1 Å². The molecule has 0 saturated carbocycles. The van der Waals surface area contributed by atoms with E-state index in [2.05, 4.69) is 37.9 Å². The molecule has 21 heavy (non-hydrogen) atoms. The number of hydrogen-bond donors (Lipinski definition) is 1. The van der Waals surface area contributed by atoms with Crippen molar-refractivity contribution in [3.63, 3.8) is 0 Å². The van der Waals surface area contributed by atoms with Crippen LogP contribution in [0, 0.1) is 5.82 Å². The summed E-state index contributed by atoms with van der Waals surface area (Å²) in [6.45, 7) is 11.1. The Balaban J connectivity index is 3.04. The van der Waals surface area contributed by atoms with E-state index in [9.17, 15) is 4.39 Å². The second kappa shape index (κ2) is 8.50. The monoisotopic (exact) mass is 294 g/mol. The highest BCUT2D eigenvalue weighted by atomic mass is 19.1. The zero-order chi connectivity index (χ0) is 15.9. The van der Waals surface area contributed by atoms with E-state index in [0.29, 0.717) is 6.04 Å². The lowest BCUT2D eigenvalue weighted by molar-refractivity contribution is 0.0519. The minimum absolute atomic E-state index is 0.145. The molecule has 0 heterocycles. The first-order chi connectivity index (χ1) is 10.1. The third kappa shape index (κ3) is 4.04. The summed E-state index contributed by atoms with van der Waals surface area (Å²) >= 11 is 0. The van der Waals surface area contributed by atoms with Gasteiger partial charge in [-0.1, -0.05) is 39.8 Å². The molecule has 0 fully saturated rings. The summed E-state index contributed by atoms with van der Waals surface area (Å²) in [5.41, 5.74) is 1.33. The summed E-state index contributed by atoms with van der Waals surface area (Å²) in [6, 6.07) is 7.27. The van der Waals surface area contributed by atoms with E-state index >= 15 is 0 Å². The molecule has 0 bridgehead atoms. The Bertz CT molecular complexity index is 394. The largest absolute Gasteiger partial charge is 0.315 e. The van der Waals surface area contributed by atoms with Crippen molar-refractivity contribution in [3.8, 4) is 0 Å². The van der Waals surface area contributed by atoms with E-state index < -0.39 is 0 Å². The number of halogens is 1. The molecule has 0 amide bonds. The molecule has 0 aliphatic carbocycles. The maximum atomic E-state index is 13.1. The average Bonchev–Trinajstić information content (AvgIpc) is 2.52. The van der Waals surface area contributed by atoms with E-state index in [-0.39, 0.29) is 11.4 Å². The van der Waals surface area contributed by atoms with Gasteiger partial charge in [-0.25, -0.2) is 4.39 Å². The summed E-state index contributed by atoms with van der Waals surface area (Å²) in [7, 11) is 2.04. The van der Waals surface area contributed by atoms with Gasteiger partial charge in [-0.15, -0.1) is 0 Å². The molecule has 0 saturated heterocycles. The van der Waals surface area contributed by atoms with Crippen LogP contribution in [0.25, 0.3) is 0 Å². The molecular formula is C18H31FN2. The van der Waals surface area contributed by atoms with Crippen LogP contribution in [0.5, 0.6) is 0 Å². The molecule has 1 aromatic rings. The molecule has 1 aromatic carbocycles. The first-order valence-corrected chi connectivity index (χ1v) is 8.24. The van der Waals surface area contributed by atoms with Crippen LogP contribution in [0.4, 0.5) is 4.39 Å². The van der Waals surface area contributed by atoms with E-state index in [0.717, 1.165) is 32.4 Å². The molecule has 0 radical (unpaired) electrons. The molecule has 3 heteroatoms. The van der Waals surface area contributed by atoms with Gasteiger partial charge in [0.25, 0.3) is 0 Å². The second-order valence-electron chi connectivity index (χ2n) is 5.65. The Kier molecular flexibility index (Phi) is 7.33. The zero-order valence-electron chi connectivity index (χ0n) is 14.2. The highest BCUT2D eigenvalue weighted by Crippen LogP contribution is 2.30. The van der Waals surface area contributed by atoms with Crippen molar-refractivity contribution in [1.82, 2.24) is 10.2 Å². The van der Waals surface area contributed by atoms with E-state index in [1.165, 1.54) is 5.56 Å². The smallest absolute Gasteiger partial charge is 0.123 e. The lowest BCUT2D eigenvalue weighted by Gasteiger charge is -2.48. The Morgan fingerprint density at radius 2 is 1.57 bits per heavy atom. The first kappa shape index (κ1) is 18.1. The molecule has 1 atom stereocenters. The fourth-order valence-electron chi connectivity index (χ4n) is 3.68. The second-order valence-corrected chi connectivity index (χ2v) is 5.65. The molecule has 0 aliphatic rings. The molecule has 0 spiro atoms. The van der Waals surface area contributed by atoms with Crippen LogP contribution >= 0.6 is 0 Å². The Labute approximate surface area is 129 Å².